The summed E-state index contributed by atoms with van der Waals surface area (Å²) in [5.41, 5.74) is 2.97. The first-order valence-corrected chi connectivity index (χ1v) is 5.75. The average molecular weight is 194 g/mol. The molecule has 1 aliphatic heterocycles. The maximum Gasteiger partial charge on any atom is 0.0434 e. The number of aliphatic hydroxyl groups excluding tert-OH is 1. The van der Waals surface area contributed by atoms with Crippen LogP contribution in [0.15, 0.2) is 23.1 Å². The van der Waals surface area contributed by atoms with Gasteiger partial charge < -0.3 is 5.11 Å². The minimum absolute atomic E-state index is 0.302. The van der Waals surface area contributed by atoms with Gasteiger partial charge in [0.05, 0.1) is 0 Å². The van der Waals surface area contributed by atoms with Crippen molar-refractivity contribution in [1.29, 1.82) is 0 Å². The van der Waals surface area contributed by atoms with Crippen LogP contribution in [0.25, 0.3) is 0 Å². The van der Waals surface area contributed by atoms with Gasteiger partial charge in [0.1, 0.15) is 0 Å². The predicted molar refractivity (Wildman–Crippen MR) is 56.3 cm³/mol. The van der Waals surface area contributed by atoms with Gasteiger partial charge in [-0.25, -0.2) is 0 Å². The Morgan fingerprint density at radius 3 is 3.15 bits per heavy atom. The van der Waals surface area contributed by atoms with Crippen molar-refractivity contribution in [3.63, 3.8) is 0 Å². The first kappa shape index (κ1) is 9.10. The molecule has 0 aliphatic carbocycles. The van der Waals surface area contributed by atoms with Crippen molar-refractivity contribution in [3.8, 4) is 0 Å². The molecule has 0 saturated heterocycles. The molecule has 1 aromatic rings. The number of hydrogen-bond donors (Lipinski definition) is 1. The first-order valence-electron chi connectivity index (χ1n) is 4.76. The Bertz CT molecular complexity index is 296. The minimum Gasteiger partial charge on any atom is -0.396 e. The van der Waals surface area contributed by atoms with Gasteiger partial charge in [-0.1, -0.05) is 12.1 Å². The Labute approximate surface area is 83.2 Å². The molecule has 13 heavy (non-hydrogen) atoms. The molecule has 1 heterocycles. The lowest BCUT2D eigenvalue weighted by Gasteiger charge is -2.05. The van der Waals surface area contributed by atoms with Crippen LogP contribution in [0.1, 0.15) is 17.5 Å². The van der Waals surface area contributed by atoms with E-state index in [1.54, 1.807) is 0 Å². The monoisotopic (exact) mass is 194 g/mol. The number of rotatable bonds is 3. The van der Waals surface area contributed by atoms with Gasteiger partial charge in [-0.05, 0) is 36.5 Å². The molecular weight excluding hydrogens is 180 g/mol. The second-order valence-corrected chi connectivity index (χ2v) is 4.46. The van der Waals surface area contributed by atoms with Gasteiger partial charge in [0.25, 0.3) is 0 Å². The zero-order valence-corrected chi connectivity index (χ0v) is 8.44. The van der Waals surface area contributed by atoms with Crippen molar-refractivity contribution in [2.45, 2.75) is 24.2 Å². The standard InChI is InChI=1S/C11H14OS/c12-7-2-4-9-3-1-5-11-10(9)6-8-13-11/h1,3,5,12H,2,4,6-8H2. The molecule has 1 N–H and O–H groups in total. The van der Waals surface area contributed by atoms with Crippen LogP contribution < -0.4 is 0 Å². The number of hydrogen-bond acceptors (Lipinski definition) is 2. The van der Waals surface area contributed by atoms with Crippen LogP contribution in [0.4, 0.5) is 0 Å². The van der Waals surface area contributed by atoms with Gasteiger partial charge in [-0.3, -0.25) is 0 Å². The Morgan fingerprint density at radius 2 is 2.31 bits per heavy atom. The largest absolute Gasteiger partial charge is 0.396 e. The highest BCUT2D eigenvalue weighted by atomic mass is 32.2. The third-order valence-corrected chi connectivity index (χ3v) is 3.55. The molecule has 0 atom stereocenters. The molecular formula is C11H14OS. The van der Waals surface area contributed by atoms with E-state index in [0.29, 0.717) is 6.61 Å². The van der Waals surface area contributed by atoms with E-state index in [1.807, 2.05) is 11.8 Å². The third-order valence-electron chi connectivity index (χ3n) is 2.44. The molecule has 2 rings (SSSR count). The van der Waals surface area contributed by atoms with Gasteiger partial charge in [0.2, 0.25) is 0 Å². The molecule has 0 aromatic heterocycles. The van der Waals surface area contributed by atoms with E-state index in [1.165, 1.54) is 28.2 Å². The van der Waals surface area contributed by atoms with E-state index in [0.717, 1.165) is 12.8 Å². The topological polar surface area (TPSA) is 20.2 Å². The van der Waals surface area contributed by atoms with Crippen molar-refractivity contribution in [2.75, 3.05) is 12.4 Å². The molecule has 1 aliphatic rings. The maximum absolute atomic E-state index is 8.77. The first-order chi connectivity index (χ1) is 6.42. The minimum atomic E-state index is 0.302. The van der Waals surface area contributed by atoms with Crippen LogP contribution in [0, 0.1) is 0 Å². The normalized spacial score (nSPS) is 14.5. The molecule has 0 fully saturated rings. The zero-order chi connectivity index (χ0) is 9.10. The number of aliphatic hydroxyl groups is 1. The highest BCUT2D eigenvalue weighted by molar-refractivity contribution is 7.99. The highest BCUT2D eigenvalue weighted by Crippen LogP contribution is 2.33. The quantitative estimate of drug-likeness (QED) is 0.796. The molecule has 0 bridgehead atoms. The predicted octanol–water partition coefficient (Wildman–Crippen LogP) is 2.26. The summed E-state index contributed by atoms with van der Waals surface area (Å²) in [6.45, 7) is 0.302. The summed E-state index contributed by atoms with van der Waals surface area (Å²) in [6, 6.07) is 6.53. The highest BCUT2D eigenvalue weighted by Gasteiger charge is 2.13. The maximum atomic E-state index is 8.77. The molecule has 0 radical (unpaired) electrons. The van der Waals surface area contributed by atoms with E-state index in [9.17, 15) is 0 Å². The summed E-state index contributed by atoms with van der Waals surface area (Å²) in [5.74, 6) is 1.23. The molecule has 0 amide bonds. The lowest BCUT2D eigenvalue weighted by Crippen LogP contribution is -1.95. The van der Waals surface area contributed by atoms with Gasteiger partial charge in [-0.15, -0.1) is 11.8 Å². The summed E-state index contributed by atoms with van der Waals surface area (Å²) < 4.78 is 0. The van der Waals surface area contributed by atoms with E-state index >= 15 is 0 Å². The molecule has 2 heteroatoms. The molecule has 1 nitrogen and oxygen atoms in total. The van der Waals surface area contributed by atoms with Crippen LogP contribution in [-0.2, 0) is 12.8 Å². The van der Waals surface area contributed by atoms with Crippen molar-refractivity contribution >= 4 is 11.8 Å². The summed E-state index contributed by atoms with van der Waals surface area (Å²) in [5, 5.41) is 8.77. The van der Waals surface area contributed by atoms with E-state index in [4.69, 9.17) is 5.11 Å². The Morgan fingerprint density at radius 1 is 1.38 bits per heavy atom. The summed E-state index contributed by atoms with van der Waals surface area (Å²) in [7, 11) is 0. The summed E-state index contributed by atoms with van der Waals surface area (Å²) in [6.07, 6.45) is 3.13. The van der Waals surface area contributed by atoms with Crippen LogP contribution in [0.5, 0.6) is 0 Å². The van der Waals surface area contributed by atoms with Gasteiger partial charge in [0, 0.05) is 17.3 Å². The van der Waals surface area contributed by atoms with Crippen molar-refractivity contribution in [2.24, 2.45) is 0 Å². The van der Waals surface area contributed by atoms with Crippen LogP contribution in [-0.4, -0.2) is 17.5 Å². The number of aryl methyl sites for hydroxylation is 1. The SMILES string of the molecule is OCCCc1cccc2c1CCS2. The average Bonchev–Trinajstić information content (AvgIpc) is 2.62. The second kappa shape index (κ2) is 4.16. The lowest BCUT2D eigenvalue weighted by atomic mass is 10.0. The van der Waals surface area contributed by atoms with E-state index in [-0.39, 0.29) is 0 Å². The summed E-state index contributed by atoms with van der Waals surface area (Å²) in [4.78, 5) is 1.45. The fourth-order valence-electron chi connectivity index (χ4n) is 1.80. The molecule has 70 valence electrons. The number of benzene rings is 1. The fraction of sp³-hybridized carbons (Fsp3) is 0.455. The van der Waals surface area contributed by atoms with Crippen molar-refractivity contribution < 1.29 is 5.11 Å². The van der Waals surface area contributed by atoms with Crippen molar-refractivity contribution in [3.05, 3.63) is 29.3 Å². The van der Waals surface area contributed by atoms with Gasteiger partial charge in [0.15, 0.2) is 0 Å². The van der Waals surface area contributed by atoms with Gasteiger partial charge in [-0.2, -0.15) is 0 Å². The van der Waals surface area contributed by atoms with Gasteiger partial charge >= 0.3 is 0 Å². The smallest absolute Gasteiger partial charge is 0.0434 e. The number of thioether (sulfide) groups is 1. The Hall–Kier alpha value is -0.470. The van der Waals surface area contributed by atoms with Crippen LogP contribution >= 0.6 is 11.8 Å². The summed E-state index contributed by atoms with van der Waals surface area (Å²) >= 11 is 1.95. The Kier molecular flexibility index (Phi) is 2.91. The molecule has 0 unspecified atom stereocenters. The molecule has 0 spiro atoms. The van der Waals surface area contributed by atoms with Crippen molar-refractivity contribution in [1.82, 2.24) is 0 Å². The third kappa shape index (κ3) is 1.89. The number of fused-ring (bicyclic) bond motifs is 1. The molecule has 0 saturated carbocycles. The fourth-order valence-corrected chi connectivity index (χ4v) is 2.91. The zero-order valence-electron chi connectivity index (χ0n) is 7.62. The van der Waals surface area contributed by atoms with Crippen LogP contribution in [0.2, 0.25) is 0 Å². The van der Waals surface area contributed by atoms with E-state index in [2.05, 4.69) is 18.2 Å². The van der Waals surface area contributed by atoms with E-state index < -0.39 is 0 Å². The lowest BCUT2D eigenvalue weighted by molar-refractivity contribution is 0.288. The van der Waals surface area contributed by atoms with Crippen LogP contribution in [0.3, 0.4) is 0 Å². The Balaban J connectivity index is 2.20. The molecule has 1 aromatic carbocycles. The second-order valence-electron chi connectivity index (χ2n) is 3.32.